The molecule has 1 aliphatic heterocycles. The fraction of sp³-hybridized carbons (Fsp3) is 0.611. The fourth-order valence-corrected chi connectivity index (χ4v) is 2.78. The van der Waals surface area contributed by atoms with E-state index in [9.17, 15) is 0 Å². The fourth-order valence-electron chi connectivity index (χ4n) is 2.78. The van der Waals surface area contributed by atoms with Crippen LogP contribution >= 0.6 is 0 Å². The van der Waals surface area contributed by atoms with Crippen LogP contribution in [0, 0.1) is 0 Å². The number of benzene rings is 1. The van der Waals surface area contributed by atoms with Crippen LogP contribution in [0.15, 0.2) is 23.2 Å². The summed E-state index contributed by atoms with van der Waals surface area (Å²) in [5.74, 6) is 2.34. The van der Waals surface area contributed by atoms with Gasteiger partial charge in [0.2, 0.25) is 0 Å². The summed E-state index contributed by atoms with van der Waals surface area (Å²) in [6, 6.07) is 6.33. The van der Waals surface area contributed by atoms with Gasteiger partial charge in [-0.15, -0.1) is 0 Å². The number of likely N-dealkylation sites (N-methyl/N-ethyl adjacent to an activating group) is 1. The Morgan fingerprint density at radius 1 is 1.21 bits per heavy atom. The summed E-state index contributed by atoms with van der Waals surface area (Å²) in [5, 5.41) is 6.70. The number of rotatable bonds is 6. The summed E-state index contributed by atoms with van der Waals surface area (Å²) in [7, 11) is 1.78. The highest BCUT2D eigenvalue weighted by Gasteiger charge is 2.13. The van der Waals surface area contributed by atoms with Gasteiger partial charge >= 0.3 is 0 Å². The van der Waals surface area contributed by atoms with Crippen LogP contribution in [0.3, 0.4) is 0 Å². The molecule has 134 valence electrons. The van der Waals surface area contributed by atoms with Gasteiger partial charge in [0.05, 0.1) is 13.2 Å². The molecule has 1 aliphatic rings. The minimum Gasteiger partial charge on any atom is -0.490 e. The van der Waals surface area contributed by atoms with E-state index < -0.39 is 0 Å². The van der Waals surface area contributed by atoms with Gasteiger partial charge in [-0.2, -0.15) is 0 Å². The Balaban J connectivity index is 1.94. The molecule has 0 aliphatic carbocycles. The molecule has 2 rings (SSSR count). The van der Waals surface area contributed by atoms with Gasteiger partial charge in [0.15, 0.2) is 17.5 Å². The molecule has 24 heavy (non-hydrogen) atoms. The molecule has 6 nitrogen and oxygen atoms in total. The minimum absolute atomic E-state index is 0.447. The van der Waals surface area contributed by atoms with Crippen molar-refractivity contribution in [2.24, 2.45) is 4.99 Å². The number of nitrogens with zero attached hydrogens (tertiary/aromatic N) is 2. The third-order valence-corrected chi connectivity index (χ3v) is 4.23. The zero-order valence-electron chi connectivity index (χ0n) is 15.3. The molecule has 0 saturated heterocycles. The van der Waals surface area contributed by atoms with Gasteiger partial charge in [0, 0.05) is 37.8 Å². The largest absolute Gasteiger partial charge is 0.490 e. The number of fused-ring (bicyclic) bond motifs is 1. The second kappa shape index (κ2) is 9.37. The van der Waals surface area contributed by atoms with E-state index in [4.69, 9.17) is 9.47 Å². The highest BCUT2D eigenvalue weighted by molar-refractivity contribution is 5.93. The summed E-state index contributed by atoms with van der Waals surface area (Å²) in [4.78, 5) is 6.71. The van der Waals surface area contributed by atoms with Crippen molar-refractivity contribution in [2.45, 2.75) is 33.2 Å². The maximum Gasteiger partial charge on any atom is 0.195 e. The molecular formula is C18H30N4O2. The lowest BCUT2D eigenvalue weighted by Gasteiger charge is -2.27. The van der Waals surface area contributed by atoms with Gasteiger partial charge in [-0.25, -0.2) is 0 Å². The SMILES string of the molecule is CCN(CC)C(C)CNC(=NC)Nc1ccc2c(c1)OCCCO2. The Morgan fingerprint density at radius 2 is 1.92 bits per heavy atom. The number of aliphatic imine (C=N–C) groups is 1. The van der Waals surface area contributed by atoms with Crippen LogP contribution in [-0.4, -0.2) is 56.8 Å². The molecule has 0 saturated carbocycles. The van der Waals surface area contributed by atoms with Crippen LogP contribution in [0.4, 0.5) is 5.69 Å². The van der Waals surface area contributed by atoms with Crippen LogP contribution in [-0.2, 0) is 0 Å². The maximum atomic E-state index is 5.73. The third kappa shape index (κ3) is 5.03. The predicted octanol–water partition coefficient (Wildman–Crippen LogP) is 2.57. The van der Waals surface area contributed by atoms with E-state index in [1.807, 2.05) is 18.2 Å². The number of anilines is 1. The highest BCUT2D eigenvalue weighted by atomic mass is 16.5. The van der Waals surface area contributed by atoms with E-state index in [-0.39, 0.29) is 0 Å². The van der Waals surface area contributed by atoms with Crippen LogP contribution in [0.1, 0.15) is 27.2 Å². The first-order chi connectivity index (χ1) is 11.7. The van der Waals surface area contributed by atoms with E-state index in [1.54, 1.807) is 7.05 Å². The first-order valence-corrected chi connectivity index (χ1v) is 8.79. The Bertz CT molecular complexity index is 544. The second-order valence-corrected chi connectivity index (χ2v) is 5.86. The third-order valence-electron chi connectivity index (χ3n) is 4.23. The molecule has 0 radical (unpaired) electrons. The van der Waals surface area contributed by atoms with Crippen LogP contribution in [0.25, 0.3) is 0 Å². The number of guanidine groups is 1. The topological polar surface area (TPSA) is 58.1 Å². The van der Waals surface area contributed by atoms with Gasteiger partial charge in [-0.3, -0.25) is 9.89 Å². The normalized spacial score (nSPS) is 15.8. The van der Waals surface area contributed by atoms with Crippen LogP contribution < -0.4 is 20.1 Å². The van der Waals surface area contributed by atoms with E-state index in [1.165, 1.54) is 0 Å². The Labute approximate surface area is 145 Å². The van der Waals surface area contributed by atoms with E-state index in [0.29, 0.717) is 19.3 Å². The Kier molecular flexibility index (Phi) is 7.18. The van der Waals surface area contributed by atoms with Crippen molar-refractivity contribution in [1.82, 2.24) is 10.2 Å². The molecule has 1 heterocycles. The van der Waals surface area contributed by atoms with E-state index in [2.05, 4.69) is 41.3 Å². The molecule has 0 amide bonds. The molecule has 2 N–H and O–H groups in total. The van der Waals surface area contributed by atoms with Crippen molar-refractivity contribution in [3.63, 3.8) is 0 Å². The monoisotopic (exact) mass is 334 g/mol. The molecule has 0 fully saturated rings. The lowest BCUT2D eigenvalue weighted by atomic mass is 10.2. The summed E-state index contributed by atoms with van der Waals surface area (Å²) in [5.41, 5.74) is 0.933. The van der Waals surface area contributed by atoms with Gasteiger partial charge < -0.3 is 20.1 Å². The molecule has 1 atom stereocenters. The van der Waals surface area contributed by atoms with Crippen molar-refractivity contribution >= 4 is 11.6 Å². The van der Waals surface area contributed by atoms with E-state index in [0.717, 1.165) is 49.2 Å². The number of hydrogen-bond acceptors (Lipinski definition) is 4. The van der Waals surface area contributed by atoms with Crippen molar-refractivity contribution in [2.75, 3.05) is 45.2 Å². The van der Waals surface area contributed by atoms with Gasteiger partial charge in [-0.1, -0.05) is 13.8 Å². The van der Waals surface area contributed by atoms with Gasteiger partial charge in [-0.05, 0) is 32.1 Å². The minimum atomic E-state index is 0.447. The average molecular weight is 334 g/mol. The maximum absolute atomic E-state index is 5.73. The lowest BCUT2D eigenvalue weighted by molar-refractivity contribution is 0.232. The standard InChI is InChI=1S/C18H30N4O2/c1-5-22(6-2)14(3)13-20-18(19-4)21-15-8-9-16-17(12-15)24-11-7-10-23-16/h8-9,12,14H,5-7,10-11,13H2,1-4H3,(H2,19,20,21). The van der Waals surface area contributed by atoms with Crippen molar-refractivity contribution in [1.29, 1.82) is 0 Å². The zero-order chi connectivity index (χ0) is 17.4. The average Bonchev–Trinajstić information content (AvgIpc) is 2.84. The summed E-state index contributed by atoms with van der Waals surface area (Å²) < 4.78 is 11.4. The van der Waals surface area contributed by atoms with Crippen molar-refractivity contribution in [3.05, 3.63) is 18.2 Å². The number of ether oxygens (including phenoxy) is 2. The van der Waals surface area contributed by atoms with Crippen LogP contribution in [0.5, 0.6) is 11.5 Å². The second-order valence-electron chi connectivity index (χ2n) is 5.86. The smallest absolute Gasteiger partial charge is 0.195 e. The molecule has 1 aromatic carbocycles. The van der Waals surface area contributed by atoms with Crippen molar-refractivity contribution in [3.8, 4) is 11.5 Å². The Hall–Kier alpha value is -1.95. The zero-order valence-corrected chi connectivity index (χ0v) is 15.3. The molecule has 6 heteroatoms. The molecule has 0 aromatic heterocycles. The molecule has 0 spiro atoms. The summed E-state index contributed by atoms with van der Waals surface area (Å²) in [6.07, 6.45) is 0.907. The van der Waals surface area contributed by atoms with Crippen LogP contribution in [0.2, 0.25) is 0 Å². The highest BCUT2D eigenvalue weighted by Crippen LogP contribution is 2.32. The summed E-state index contributed by atoms with van der Waals surface area (Å²) >= 11 is 0. The molecule has 1 unspecified atom stereocenters. The first-order valence-electron chi connectivity index (χ1n) is 8.79. The molecular weight excluding hydrogens is 304 g/mol. The van der Waals surface area contributed by atoms with Gasteiger partial charge in [0.1, 0.15) is 0 Å². The molecule has 0 bridgehead atoms. The van der Waals surface area contributed by atoms with E-state index >= 15 is 0 Å². The lowest BCUT2D eigenvalue weighted by Crippen LogP contribution is -2.43. The first kappa shape index (κ1) is 18.4. The quantitative estimate of drug-likeness (QED) is 0.618. The summed E-state index contributed by atoms with van der Waals surface area (Å²) in [6.45, 7) is 10.9. The molecule has 1 aromatic rings. The van der Waals surface area contributed by atoms with Crippen molar-refractivity contribution < 1.29 is 9.47 Å². The number of nitrogens with one attached hydrogen (secondary N) is 2. The Morgan fingerprint density at radius 3 is 2.58 bits per heavy atom. The van der Waals surface area contributed by atoms with Gasteiger partial charge in [0.25, 0.3) is 0 Å². The predicted molar refractivity (Wildman–Crippen MR) is 99.4 cm³/mol. The number of hydrogen-bond donors (Lipinski definition) is 2.